The molecule has 1 aromatic rings. The predicted molar refractivity (Wildman–Crippen MR) is 76.3 cm³/mol. The van der Waals surface area contributed by atoms with Crippen molar-refractivity contribution in [2.24, 2.45) is 0 Å². The number of thioether (sulfide) groups is 1. The lowest BCUT2D eigenvalue weighted by Crippen LogP contribution is -2.33. The minimum absolute atomic E-state index is 0.00796. The van der Waals surface area contributed by atoms with Crippen molar-refractivity contribution in [2.45, 2.75) is 25.0 Å². The van der Waals surface area contributed by atoms with Crippen molar-refractivity contribution in [3.8, 4) is 0 Å². The molecule has 2 heterocycles. The monoisotopic (exact) mass is 284 g/mol. The highest BCUT2D eigenvalue weighted by molar-refractivity contribution is 8.00. The third-order valence-electron chi connectivity index (χ3n) is 3.12. The van der Waals surface area contributed by atoms with E-state index in [9.17, 15) is 4.79 Å². The van der Waals surface area contributed by atoms with Crippen LogP contribution >= 0.6 is 23.4 Å². The second kappa shape index (κ2) is 5.49. The first kappa shape index (κ1) is 13.7. The summed E-state index contributed by atoms with van der Waals surface area (Å²) in [5, 5.41) is 0.478. The molecule has 1 fully saturated rings. The van der Waals surface area contributed by atoms with Crippen LogP contribution in [0.1, 0.15) is 30.6 Å². The van der Waals surface area contributed by atoms with Crippen LogP contribution in [0.4, 0.5) is 0 Å². The largest absolute Gasteiger partial charge is 0.338 e. The Kier molecular flexibility index (Phi) is 4.17. The van der Waals surface area contributed by atoms with Gasteiger partial charge in [0, 0.05) is 36.0 Å². The second-order valence-corrected chi connectivity index (χ2v) is 7.22. The number of halogens is 1. The van der Waals surface area contributed by atoms with Crippen LogP contribution in [-0.2, 0) is 0 Å². The molecule has 2 rings (SSSR count). The fourth-order valence-corrected chi connectivity index (χ4v) is 3.21. The van der Waals surface area contributed by atoms with Crippen LogP contribution in [0.15, 0.2) is 18.5 Å². The van der Waals surface area contributed by atoms with E-state index in [1.165, 1.54) is 0 Å². The second-order valence-electron chi connectivity index (χ2n) is 5.01. The van der Waals surface area contributed by atoms with Crippen LogP contribution in [0.25, 0.3) is 0 Å². The molecular formula is C13H17ClN2OS. The Balaban J connectivity index is 2.13. The lowest BCUT2D eigenvalue weighted by molar-refractivity contribution is 0.0764. The zero-order valence-electron chi connectivity index (χ0n) is 10.6. The van der Waals surface area contributed by atoms with E-state index in [0.29, 0.717) is 10.6 Å². The van der Waals surface area contributed by atoms with Gasteiger partial charge in [0.15, 0.2) is 0 Å². The summed E-state index contributed by atoms with van der Waals surface area (Å²) >= 11 is 7.96. The number of aromatic nitrogens is 1. The molecule has 1 saturated heterocycles. The van der Waals surface area contributed by atoms with E-state index >= 15 is 0 Å². The van der Waals surface area contributed by atoms with Crippen LogP contribution in [0, 0.1) is 0 Å². The molecule has 0 unspecified atom stereocenters. The van der Waals surface area contributed by atoms with Crippen LogP contribution < -0.4 is 0 Å². The van der Waals surface area contributed by atoms with E-state index in [1.807, 2.05) is 16.7 Å². The summed E-state index contributed by atoms with van der Waals surface area (Å²) in [6.45, 7) is 6.01. The Morgan fingerprint density at radius 3 is 3.00 bits per heavy atom. The number of nitrogens with zero attached hydrogens (tertiary/aromatic N) is 2. The molecule has 1 aliphatic heterocycles. The maximum Gasteiger partial charge on any atom is 0.256 e. The fourth-order valence-electron chi connectivity index (χ4n) is 1.93. The van der Waals surface area contributed by atoms with Gasteiger partial charge in [-0.25, -0.2) is 0 Å². The standard InChI is InChI=1S/C13H17ClN2OS/c1-13(2)4-6-16(7-8-18-13)12(17)10-9-15-5-3-11(10)14/h3,5,9H,4,6-8H2,1-2H3. The van der Waals surface area contributed by atoms with Gasteiger partial charge in [0.1, 0.15) is 0 Å². The maximum absolute atomic E-state index is 12.4. The molecule has 0 bridgehead atoms. The molecule has 0 atom stereocenters. The van der Waals surface area contributed by atoms with E-state index in [2.05, 4.69) is 18.8 Å². The molecule has 0 N–H and O–H groups in total. The quantitative estimate of drug-likeness (QED) is 0.794. The molecule has 0 aliphatic carbocycles. The topological polar surface area (TPSA) is 33.2 Å². The number of hydrogen-bond acceptors (Lipinski definition) is 3. The number of amides is 1. The molecule has 1 aromatic heterocycles. The Bertz CT molecular complexity index is 450. The van der Waals surface area contributed by atoms with E-state index in [4.69, 9.17) is 11.6 Å². The van der Waals surface area contributed by atoms with Crippen LogP contribution in [-0.4, -0.2) is 39.4 Å². The van der Waals surface area contributed by atoms with Crippen molar-refractivity contribution in [1.29, 1.82) is 0 Å². The minimum atomic E-state index is -0.00796. The van der Waals surface area contributed by atoms with Crippen LogP contribution in [0.3, 0.4) is 0 Å². The van der Waals surface area contributed by atoms with Crippen molar-refractivity contribution in [2.75, 3.05) is 18.8 Å². The molecule has 0 saturated carbocycles. The predicted octanol–water partition coefficient (Wildman–Crippen LogP) is 3.09. The first-order valence-corrected chi connectivity index (χ1v) is 7.39. The molecule has 0 aromatic carbocycles. The third kappa shape index (κ3) is 3.18. The molecule has 1 amide bonds. The molecular weight excluding hydrogens is 268 g/mol. The summed E-state index contributed by atoms with van der Waals surface area (Å²) in [5.41, 5.74) is 0.504. The van der Waals surface area contributed by atoms with Gasteiger partial charge in [0.05, 0.1) is 10.6 Å². The van der Waals surface area contributed by atoms with Gasteiger partial charge >= 0.3 is 0 Å². The summed E-state index contributed by atoms with van der Waals surface area (Å²) in [6.07, 6.45) is 4.15. The zero-order valence-corrected chi connectivity index (χ0v) is 12.2. The smallest absolute Gasteiger partial charge is 0.256 e. The molecule has 5 heteroatoms. The number of carbonyl (C=O) groups is 1. The lowest BCUT2D eigenvalue weighted by Gasteiger charge is -2.22. The number of rotatable bonds is 1. The Morgan fingerprint density at radius 2 is 2.28 bits per heavy atom. The van der Waals surface area contributed by atoms with Crippen LogP contribution in [0.2, 0.25) is 5.02 Å². The SMILES string of the molecule is CC1(C)CCN(C(=O)c2cnccc2Cl)CCS1. The highest BCUT2D eigenvalue weighted by Gasteiger charge is 2.27. The average molecular weight is 285 g/mol. The van der Waals surface area contributed by atoms with Crippen molar-refractivity contribution in [1.82, 2.24) is 9.88 Å². The Morgan fingerprint density at radius 1 is 1.50 bits per heavy atom. The summed E-state index contributed by atoms with van der Waals surface area (Å²) in [7, 11) is 0. The first-order chi connectivity index (χ1) is 8.49. The third-order valence-corrected chi connectivity index (χ3v) is 4.83. The van der Waals surface area contributed by atoms with Crippen molar-refractivity contribution < 1.29 is 4.79 Å². The van der Waals surface area contributed by atoms with Gasteiger partial charge in [-0.05, 0) is 12.5 Å². The van der Waals surface area contributed by atoms with E-state index in [1.54, 1.807) is 18.5 Å². The highest BCUT2D eigenvalue weighted by Crippen LogP contribution is 2.31. The molecule has 3 nitrogen and oxygen atoms in total. The number of pyridine rings is 1. The summed E-state index contributed by atoms with van der Waals surface area (Å²) in [6, 6.07) is 1.66. The van der Waals surface area contributed by atoms with Gasteiger partial charge < -0.3 is 4.90 Å². The van der Waals surface area contributed by atoms with Crippen molar-refractivity contribution in [3.05, 3.63) is 29.0 Å². The van der Waals surface area contributed by atoms with E-state index < -0.39 is 0 Å². The zero-order chi connectivity index (χ0) is 13.2. The summed E-state index contributed by atoms with van der Waals surface area (Å²) in [5.74, 6) is 0.961. The Labute approximate surface area is 117 Å². The van der Waals surface area contributed by atoms with Gasteiger partial charge in [-0.3, -0.25) is 9.78 Å². The van der Waals surface area contributed by atoms with E-state index in [-0.39, 0.29) is 10.7 Å². The molecule has 0 radical (unpaired) electrons. The van der Waals surface area contributed by atoms with Gasteiger partial charge in [0.25, 0.3) is 5.91 Å². The fraction of sp³-hybridized carbons (Fsp3) is 0.538. The number of carbonyl (C=O) groups excluding carboxylic acids is 1. The minimum Gasteiger partial charge on any atom is -0.338 e. The van der Waals surface area contributed by atoms with Crippen LogP contribution in [0.5, 0.6) is 0 Å². The molecule has 98 valence electrons. The van der Waals surface area contributed by atoms with Gasteiger partial charge in [-0.2, -0.15) is 11.8 Å². The van der Waals surface area contributed by atoms with Gasteiger partial charge in [0.2, 0.25) is 0 Å². The molecule has 18 heavy (non-hydrogen) atoms. The molecule has 1 aliphatic rings. The van der Waals surface area contributed by atoms with E-state index in [0.717, 1.165) is 25.3 Å². The average Bonchev–Trinajstić information content (AvgIpc) is 2.50. The maximum atomic E-state index is 12.4. The summed E-state index contributed by atoms with van der Waals surface area (Å²) in [4.78, 5) is 18.2. The molecule has 0 spiro atoms. The first-order valence-electron chi connectivity index (χ1n) is 6.02. The van der Waals surface area contributed by atoms with Crippen molar-refractivity contribution in [3.63, 3.8) is 0 Å². The Hall–Kier alpha value is -0.740. The normalized spacial score (nSPS) is 19.4. The van der Waals surface area contributed by atoms with Crippen molar-refractivity contribution >= 4 is 29.3 Å². The summed E-state index contributed by atoms with van der Waals surface area (Å²) < 4.78 is 0.244. The van der Waals surface area contributed by atoms with Gasteiger partial charge in [-0.15, -0.1) is 0 Å². The number of hydrogen-bond donors (Lipinski definition) is 0. The lowest BCUT2D eigenvalue weighted by atomic mass is 10.1. The highest BCUT2D eigenvalue weighted by atomic mass is 35.5. The van der Waals surface area contributed by atoms with Gasteiger partial charge in [-0.1, -0.05) is 25.4 Å².